The van der Waals surface area contributed by atoms with Crippen molar-refractivity contribution < 1.29 is 0 Å². The van der Waals surface area contributed by atoms with E-state index in [1.165, 1.54) is 38.9 Å². The molecule has 0 radical (unpaired) electrons. The van der Waals surface area contributed by atoms with Crippen LogP contribution in [0.4, 0.5) is 0 Å². The van der Waals surface area contributed by atoms with Crippen LogP contribution in [-0.4, -0.2) is 61.6 Å². The quantitative estimate of drug-likeness (QED) is 0.408. The predicted molar refractivity (Wildman–Crippen MR) is 111 cm³/mol. The Kier molecular flexibility index (Phi) is 9.82. The van der Waals surface area contributed by atoms with E-state index in [2.05, 4.69) is 42.8 Å². The van der Waals surface area contributed by atoms with E-state index in [0.717, 1.165) is 44.0 Å². The van der Waals surface area contributed by atoms with Crippen LogP contribution in [-0.2, 0) is 0 Å². The molecule has 2 saturated heterocycles. The van der Waals surface area contributed by atoms with Crippen molar-refractivity contribution in [2.45, 2.75) is 47.0 Å². The maximum absolute atomic E-state index is 4.95. The number of rotatable bonds is 5. The van der Waals surface area contributed by atoms with E-state index >= 15 is 0 Å². The average molecular weight is 436 g/mol. The van der Waals surface area contributed by atoms with E-state index in [1.807, 2.05) is 0 Å². The molecule has 0 aromatic rings. The lowest BCUT2D eigenvalue weighted by molar-refractivity contribution is 0.208. The Morgan fingerprint density at radius 1 is 1.17 bits per heavy atom. The fourth-order valence-electron chi connectivity index (χ4n) is 3.97. The van der Waals surface area contributed by atoms with Crippen LogP contribution in [0.25, 0.3) is 0 Å². The first kappa shape index (κ1) is 21.0. The van der Waals surface area contributed by atoms with E-state index in [9.17, 15) is 0 Å². The SMILES string of the molecule is CCNC(=NCC(C)CN1CCCC1)N1CC(C)CC(C)C1.I. The number of nitrogens with zero attached hydrogens (tertiary/aromatic N) is 3. The van der Waals surface area contributed by atoms with E-state index in [4.69, 9.17) is 4.99 Å². The van der Waals surface area contributed by atoms with Gasteiger partial charge in [-0.25, -0.2) is 0 Å². The lowest BCUT2D eigenvalue weighted by Gasteiger charge is -2.37. The maximum atomic E-state index is 4.95. The minimum atomic E-state index is 0. The normalized spacial score (nSPS) is 27.7. The molecule has 2 heterocycles. The molecule has 0 saturated carbocycles. The van der Waals surface area contributed by atoms with Crippen molar-refractivity contribution in [1.29, 1.82) is 0 Å². The Morgan fingerprint density at radius 2 is 1.78 bits per heavy atom. The Labute approximate surface area is 160 Å². The highest BCUT2D eigenvalue weighted by atomic mass is 127. The third kappa shape index (κ3) is 7.16. The van der Waals surface area contributed by atoms with Crippen LogP contribution in [0, 0.1) is 17.8 Å². The molecule has 4 nitrogen and oxygen atoms in total. The van der Waals surface area contributed by atoms with E-state index in [-0.39, 0.29) is 24.0 Å². The zero-order chi connectivity index (χ0) is 15.9. The van der Waals surface area contributed by atoms with Crippen LogP contribution < -0.4 is 5.32 Å². The molecule has 0 aliphatic carbocycles. The Balaban J connectivity index is 0.00000264. The molecule has 2 fully saturated rings. The van der Waals surface area contributed by atoms with Gasteiger partial charge in [0, 0.05) is 32.7 Å². The van der Waals surface area contributed by atoms with Crippen molar-refractivity contribution in [3.8, 4) is 0 Å². The van der Waals surface area contributed by atoms with Gasteiger partial charge < -0.3 is 15.1 Å². The second-order valence-electron chi connectivity index (χ2n) is 7.66. The summed E-state index contributed by atoms with van der Waals surface area (Å²) in [5.41, 5.74) is 0. The van der Waals surface area contributed by atoms with Gasteiger partial charge in [-0.05, 0) is 57.0 Å². The van der Waals surface area contributed by atoms with Gasteiger partial charge in [-0.15, -0.1) is 24.0 Å². The topological polar surface area (TPSA) is 30.9 Å². The lowest BCUT2D eigenvalue weighted by atomic mass is 9.92. The highest BCUT2D eigenvalue weighted by molar-refractivity contribution is 14.0. The molecular formula is C18H37IN4. The number of guanidine groups is 1. The van der Waals surface area contributed by atoms with E-state index in [1.54, 1.807) is 0 Å². The predicted octanol–water partition coefficient (Wildman–Crippen LogP) is 3.28. The lowest BCUT2D eigenvalue weighted by Crippen LogP contribution is -2.48. The number of piperidine rings is 1. The maximum Gasteiger partial charge on any atom is 0.193 e. The van der Waals surface area contributed by atoms with Gasteiger partial charge in [0.15, 0.2) is 5.96 Å². The molecule has 5 heteroatoms. The summed E-state index contributed by atoms with van der Waals surface area (Å²) in [5, 5.41) is 3.50. The number of aliphatic imine (C=N–C) groups is 1. The molecular weight excluding hydrogens is 399 g/mol. The number of likely N-dealkylation sites (tertiary alicyclic amines) is 2. The summed E-state index contributed by atoms with van der Waals surface area (Å²) >= 11 is 0. The van der Waals surface area contributed by atoms with Crippen LogP contribution in [0.3, 0.4) is 0 Å². The smallest absolute Gasteiger partial charge is 0.193 e. The molecule has 1 N–H and O–H groups in total. The summed E-state index contributed by atoms with van der Waals surface area (Å²) in [7, 11) is 0. The number of nitrogens with one attached hydrogen (secondary N) is 1. The van der Waals surface area contributed by atoms with Crippen LogP contribution in [0.15, 0.2) is 4.99 Å². The van der Waals surface area contributed by atoms with Gasteiger partial charge in [0.25, 0.3) is 0 Å². The third-order valence-corrected chi connectivity index (χ3v) is 4.82. The zero-order valence-corrected chi connectivity index (χ0v) is 17.9. The standard InChI is InChI=1S/C18H36N4.HI/c1-5-19-18(22-13-15(2)10-16(3)14-22)20-11-17(4)12-21-8-6-7-9-21;/h15-17H,5-14H2,1-4H3,(H,19,20);1H. The van der Waals surface area contributed by atoms with E-state index in [0.29, 0.717) is 5.92 Å². The van der Waals surface area contributed by atoms with Crippen molar-refractivity contribution in [2.24, 2.45) is 22.7 Å². The number of hydrogen-bond donors (Lipinski definition) is 1. The summed E-state index contributed by atoms with van der Waals surface area (Å²) in [4.78, 5) is 10.0. The Hall–Kier alpha value is -0.0400. The number of hydrogen-bond acceptors (Lipinski definition) is 2. The van der Waals surface area contributed by atoms with Gasteiger partial charge in [0.1, 0.15) is 0 Å². The molecule has 2 aliphatic rings. The Bertz CT molecular complexity index is 345. The minimum absolute atomic E-state index is 0. The summed E-state index contributed by atoms with van der Waals surface area (Å²) in [6, 6.07) is 0. The monoisotopic (exact) mass is 436 g/mol. The van der Waals surface area contributed by atoms with Crippen molar-refractivity contribution >= 4 is 29.9 Å². The largest absolute Gasteiger partial charge is 0.357 e. The first-order valence-corrected chi connectivity index (χ1v) is 9.34. The highest BCUT2D eigenvalue weighted by Gasteiger charge is 2.24. The molecule has 23 heavy (non-hydrogen) atoms. The molecule has 3 unspecified atom stereocenters. The molecule has 2 aliphatic heterocycles. The molecule has 136 valence electrons. The minimum Gasteiger partial charge on any atom is -0.357 e. The Morgan fingerprint density at radius 3 is 2.35 bits per heavy atom. The van der Waals surface area contributed by atoms with Gasteiger partial charge in [0.2, 0.25) is 0 Å². The molecule has 0 spiro atoms. The average Bonchev–Trinajstić information content (AvgIpc) is 2.95. The summed E-state index contributed by atoms with van der Waals surface area (Å²) in [6.45, 7) is 17.2. The first-order valence-electron chi connectivity index (χ1n) is 9.34. The zero-order valence-electron chi connectivity index (χ0n) is 15.6. The van der Waals surface area contributed by atoms with Crippen LogP contribution in [0.2, 0.25) is 0 Å². The highest BCUT2D eigenvalue weighted by Crippen LogP contribution is 2.21. The van der Waals surface area contributed by atoms with Gasteiger partial charge in [-0.3, -0.25) is 4.99 Å². The van der Waals surface area contributed by atoms with Crippen LogP contribution in [0.5, 0.6) is 0 Å². The molecule has 0 aromatic heterocycles. The summed E-state index contributed by atoms with van der Waals surface area (Å²) in [6.07, 6.45) is 4.10. The fourth-order valence-corrected chi connectivity index (χ4v) is 3.97. The molecule has 0 amide bonds. The van der Waals surface area contributed by atoms with Crippen molar-refractivity contribution in [3.05, 3.63) is 0 Å². The van der Waals surface area contributed by atoms with Crippen molar-refractivity contribution in [1.82, 2.24) is 15.1 Å². The van der Waals surface area contributed by atoms with Crippen LogP contribution >= 0.6 is 24.0 Å². The summed E-state index contributed by atoms with van der Waals surface area (Å²) < 4.78 is 0. The van der Waals surface area contributed by atoms with E-state index < -0.39 is 0 Å². The van der Waals surface area contributed by atoms with Crippen molar-refractivity contribution in [3.63, 3.8) is 0 Å². The molecule has 3 atom stereocenters. The van der Waals surface area contributed by atoms with Gasteiger partial charge in [-0.1, -0.05) is 20.8 Å². The molecule has 0 aromatic carbocycles. The second-order valence-corrected chi connectivity index (χ2v) is 7.66. The number of halogens is 1. The molecule has 2 rings (SSSR count). The van der Waals surface area contributed by atoms with Gasteiger partial charge in [0.05, 0.1) is 0 Å². The van der Waals surface area contributed by atoms with Crippen LogP contribution in [0.1, 0.15) is 47.0 Å². The van der Waals surface area contributed by atoms with Gasteiger partial charge in [-0.2, -0.15) is 0 Å². The summed E-state index contributed by atoms with van der Waals surface area (Å²) in [5.74, 6) is 3.32. The first-order chi connectivity index (χ1) is 10.6. The second kappa shape index (κ2) is 10.7. The fraction of sp³-hybridized carbons (Fsp3) is 0.944. The van der Waals surface area contributed by atoms with Crippen molar-refractivity contribution in [2.75, 3.05) is 45.8 Å². The third-order valence-electron chi connectivity index (χ3n) is 4.82. The van der Waals surface area contributed by atoms with Gasteiger partial charge >= 0.3 is 0 Å². The molecule has 0 bridgehead atoms.